The summed E-state index contributed by atoms with van der Waals surface area (Å²) in [6, 6.07) is 0.591. The molecule has 1 fully saturated rings. The molecule has 23 heavy (non-hydrogen) atoms. The van der Waals surface area contributed by atoms with E-state index in [1.807, 2.05) is 13.8 Å². The summed E-state index contributed by atoms with van der Waals surface area (Å²) in [5, 5.41) is 3.62. The highest BCUT2D eigenvalue weighted by atomic mass is 16.5. The zero-order valence-electron chi connectivity index (χ0n) is 16.9. The van der Waals surface area contributed by atoms with E-state index in [2.05, 4.69) is 60.7 Å². The van der Waals surface area contributed by atoms with E-state index >= 15 is 0 Å². The van der Waals surface area contributed by atoms with Crippen LogP contribution in [0.4, 0.5) is 0 Å². The highest BCUT2D eigenvalue weighted by molar-refractivity contribution is 5.84. The number of rotatable bonds is 2. The maximum atomic E-state index is 6.02. The van der Waals surface area contributed by atoms with Crippen molar-refractivity contribution in [3.8, 4) is 0 Å². The second-order valence-electron chi connectivity index (χ2n) is 9.15. The fraction of sp³-hybridized carbons (Fsp3) is 0.947. The first-order valence-electron chi connectivity index (χ1n) is 9.01. The molecule has 0 amide bonds. The van der Waals surface area contributed by atoms with Gasteiger partial charge in [0.2, 0.25) is 0 Å². The van der Waals surface area contributed by atoms with Gasteiger partial charge in [-0.3, -0.25) is 5.32 Å². The van der Waals surface area contributed by atoms with Crippen LogP contribution in [0, 0.1) is 16.2 Å². The Labute approximate surface area is 143 Å². The number of ether oxygens (including phenoxy) is 2. The van der Waals surface area contributed by atoms with Gasteiger partial charge in [-0.05, 0) is 24.7 Å². The molecule has 1 N–H and O–H groups in total. The molecule has 0 aromatic rings. The van der Waals surface area contributed by atoms with Crippen molar-refractivity contribution in [2.24, 2.45) is 21.2 Å². The summed E-state index contributed by atoms with van der Waals surface area (Å²) in [7, 11) is 0. The Morgan fingerprint density at radius 3 is 1.87 bits per heavy atom. The van der Waals surface area contributed by atoms with Crippen LogP contribution in [-0.2, 0) is 9.47 Å². The first-order chi connectivity index (χ1) is 10.4. The predicted molar refractivity (Wildman–Crippen MR) is 97.9 cm³/mol. The van der Waals surface area contributed by atoms with E-state index in [1.165, 1.54) is 0 Å². The molecule has 0 aromatic heterocycles. The lowest BCUT2D eigenvalue weighted by atomic mass is 9.86. The highest BCUT2D eigenvalue weighted by Gasteiger charge is 2.46. The van der Waals surface area contributed by atoms with Gasteiger partial charge >= 0.3 is 0 Å². The van der Waals surface area contributed by atoms with E-state index in [-0.39, 0.29) is 28.5 Å². The van der Waals surface area contributed by atoms with Crippen LogP contribution >= 0.6 is 0 Å². The van der Waals surface area contributed by atoms with Crippen molar-refractivity contribution in [2.75, 3.05) is 13.2 Å². The summed E-state index contributed by atoms with van der Waals surface area (Å²) in [6.45, 7) is 23.1. The summed E-state index contributed by atoms with van der Waals surface area (Å²) in [5.74, 6) is 0.828. The summed E-state index contributed by atoms with van der Waals surface area (Å²) in [5.41, 5.74) is 0.0762. The van der Waals surface area contributed by atoms with Gasteiger partial charge in [-0.2, -0.15) is 0 Å². The van der Waals surface area contributed by atoms with E-state index in [0.717, 1.165) is 12.5 Å². The Hall–Kier alpha value is -0.610. The van der Waals surface area contributed by atoms with Gasteiger partial charge < -0.3 is 9.47 Å². The van der Waals surface area contributed by atoms with E-state index < -0.39 is 0 Å². The Kier molecular flexibility index (Phi) is 6.31. The molecule has 3 atom stereocenters. The number of nitrogens with zero attached hydrogens (tertiary/aromatic N) is 1. The first kappa shape index (κ1) is 20.4. The maximum Gasteiger partial charge on any atom is 0.193 e. The molecule has 2 rings (SSSR count). The standard InChI is InChI=1S/C17H32N2O2.C2H6/c1-15(2,3)11-9-20-13(18-11)17(7,8)14-19-12(10-21-14)16(4,5)6;1-2/h11-13,18H,9-10H2,1-8H3;1-2H3/t11-,12-,13?;/m0./s1. The number of aliphatic imine (C=N–C) groups is 1. The van der Waals surface area contributed by atoms with E-state index in [4.69, 9.17) is 14.5 Å². The molecule has 4 heteroatoms. The third kappa shape index (κ3) is 4.69. The molecule has 2 heterocycles. The Bertz CT molecular complexity index is 416. The third-order valence-electron chi connectivity index (χ3n) is 4.68. The van der Waals surface area contributed by atoms with Gasteiger partial charge in [-0.25, -0.2) is 4.99 Å². The van der Waals surface area contributed by atoms with Crippen molar-refractivity contribution < 1.29 is 9.47 Å². The first-order valence-corrected chi connectivity index (χ1v) is 9.01. The molecule has 1 unspecified atom stereocenters. The molecule has 0 saturated carbocycles. The van der Waals surface area contributed by atoms with Crippen molar-refractivity contribution in [2.45, 2.75) is 87.5 Å². The maximum absolute atomic E-state index is 6.02. The average Bonchev–Trinajstić information content (AvgIpc) is 3.10. The normalized spacial score (nSPS) is 28.8. The number of nitrogens with one attached hydrogen (secondary N) is 1. The average molecular weight is 327 g/mol. The second-order valence-corrected chi connectivity index (χ2v) is 9.15. The Morgan fingerprint density at radius 1 is 0.913 bits per heavy atom. The number of hydrogen-bond donors (Lipinski definition) is 1. The lowest BCUT2D eigenvalue weighted by Crippen LogP contribution is -2.48. The molecule has 4 nitrogen and oxygen atoms in total. The molecule has 1 saturated heterocycles. The molecular formula is C19H38N2O2. The minimum atomic E-state index is -0.250. The van der Waals surface area contributed by atoms with E-state index in [0.29, 0.717) is 12.6 Å². The molecular weight excluding hydrogens is 288 g/mol. The largest absolute Gasteiger partial charge is 0.478 e. The lowest BCUT2D eigenvalue weighted by molar-refractivity contribution is 0.0305. The fourth-order valence-corrected chi connectivity index (χ4v) is 2.67. The zero-order chi connectivity index (χ0) is 18.1. The lowest BCUT2D eigenvalue weighted by Gasteiger charge is -2.32. The topological polar surface area (TPSA) is 42.8 Å². The molecule has 0 aromatic carbocycles. The van der Waals surface area contributed by atoms with Gasteiger partial charge in [-0.15, -0.1) is 0 Å². The SMILES string of the molecule is CC.CC(C)(C1=N[C@H](C(C)(C)C)CO1)C1N[C@H](C(C)(C)C)CO1. The third-order valence-corrected chi connectivity index (χ3v) is 4.68. The van der Waals surface area contributed by atoms with Gasteiger partial charge in [0, 0.05) is 6.04 Å². The van der Waals surface area contributed by atoms with Crippen LogP contribution in [0.15, 0.2) is 4.99 Å². The summed E-state index contributed by atoms with van der Waals surface area (Å²) < 4.78 is 11.9. The van der Waals surface area contributed by atoms with Crippen molar-refractivity contribution in [1.29, 1.82) is 0 Å². The minimum Gasteiger partial charge on any atom is -0.478 e. The van der Waals surface area contributed by atoms with Crippen LogP contribution in [0.2, 0.25) is 0 Å². The van der Waals surface area contributed by atoms with Crippen LogP contribution in [0.1, 0.15) is 69.2 Å². The highest BCUT2D eigenvalue weighted by Crippen LogP contribution is 2.36. The Balaban J connectivity index is 0.00000127. The monoisotopic (exact) mass is 326 g/mol. The van der Waals surface area contributed by atoms with Gasteiger partial charge in [0.15, 0.2) is 5.90 Å². The van der Waals surface area contributed by atoms with Crippen LogP contribution in [-0.4, -0.2) is 37.4 Å². The quantitative estimate of drug-likeness (QED) is 0.825. The molecule has 136 valence electrons. The Morgan fingerprint density at radius 2 is 1.48 bits per heavy atom. The van der Waals surface area contributed by atoms with Gasteiger partial charge in [0.25, 0.3) is 0 Å². The van der Waals surface area contributed by atoms with Crippen LogP contribution < -0.4 is 5.32 Å². The molecule has 0 bridgehead atoms. The molecule has 2 aliphatic rings. The van der Waals surface area contributed by atoms with Gasteiger partial charge in [0.05, 0.1) is 18.1 Å². The second kappa shape index (κ2) is 7.10. The van der Waals surface area contributed by atoms with Crippen LogP contribution in [0.5, 0.6) is 0 Å². The van der Waals surface area contributed by atoms with Crippen molar-refractivity contribution in [3.05, 3.63) is 0 Å². The smallest absolute Gasteiger partial charge is 0.193 e. The molecule has 0 spiro atoms. The van der Waals surface area contributed by atoms with Crippen molar-refractivity contribution >= 4 is 5.90 Å². The predicted octanol–water partition coefficient (Wildman–Crippen LogP) is 4.24. The molecule has 0 aliphatic carbocycles. The van der Waals surface area contributed by atoms with Crippen molar-refractivity contribution in [1.82, 2.24) is 5.32 Å². The summed E-state index contributed by atoms with van der Waals surface area (Å²) in [6.07, 6.45) is -0.0424. The number of hydrogen-bond acceptors (Lipinski definition) is 4. The fourth-order valence-electron chi connectivity index (χ4n) is 2.67. The van der Waals surface area contributed by atoms with Gasteiger partial charge in [0.1, 0.15) is 12.8 Å². The van der Waals surface area contributed by atoms with Crippen LogP contribution in [0.3, 0.4) is 0 Å². The van der Waals surface area contributed by atoms with Gasteiger partial charge in [-0.1, -0.05) is 55.4 Å². The summed E-state index contributed by atoms with van der Waals surface area (Å²) in [4.78, 5) is 4.84. The summed E-state index contributed by atoms with van der Waals surface area (Å²) >= 11 is 0. The van der Waals surface area contributed by atoms with E-state index in [1.54, 1.807) is 0 Å². The minimum absolute atomic E-state index is 0.0424. The van der Waals surface area contributed by atoms with Crippen LogP contribution in [0.25, 0.3) is 0 Å². The molecule has 2 aliphatic heterocycles. The molecule has 0 radical (unpaired) electrons. The van der Waals surface area contributed by atoms with Crippen molar-refractivity contribution in [3.63, 3.8) is 0 Å². The zero-order valence-corrected chi connectivity index (χ0v) is 16.9. The van der Waals surface area contributed by atoms with E-state index in [9.17, 15) is 0 Å².